The highest BCUT2D eigenvalue weighted by Crippen LogP contribution is 2.34. The monoisotopic (exact) mass is 418 g/mol. The van der Waals surface area contributed by atoms with Crippen molar-refractivity contribution in [2.45, 2.75) is 25.9 Å². The molecule has 1 aliphatic rings. The molecule has 3 N–H and O–H groups in total. The Morgan fingerprint density at radius 3 is 2.74 bits per heavy atom. The van der Waals surface area contributed by atoms with Crippen molar-refractivity contribution >= 4 is 22.5 Å². The van der Waals surface area contributed by atoms with Gasteiger partial charge in [0.05, 0.1) is 11.1 Å². The lowest BCUT2D eigenvalue weighted by molar-refractivity contribution is 0.163. The Balaban J connectivity index is 1.53. The van der Waals surface area contributed by atoms with Crippen molar-refractivity contribution in [3.63, 3.8) is 0 Å². The number of benzene rings is 2. The van der Waals surface area contributed by atoms with Gasteiger partial charge in [-0.05, 0) is 57.1 Å². The van der Waals surface area contributed by atoms with Crippen LogP contribution in [0.2, 0.25) is 0 Å². The molecule has 8 heteroatoms. The highest BCUT2D eigenvalue weighted by atomic mass is 19.1. The van der Waals surface area contributed by atoms with Gasteiger partial charge in [0, 0.05) is 35.2 Å². The molecule has 0 radical (unpaired) electrons. The second-order valence-electron chi connectivity index (χ2n) is 7.72. The molecule has 3 heterocycles. The minimum atomic E-state index is -0.318. The molecule has 1 aliphatic heterocycles. The quantitative estimate of drug-likeness (QED) is 0.447. The number of anilines is 2. The smallest absolute Gasteiger partial charge is 0.227 e. The summed E-state index contributed by atoms with van der Waals surface area (Å²) in [7, 11) is 0. The first-order valence-corrected chi connectivity index (χ1v) is 10.4. The zero-order chi connectivity index (χ0) is 21.2. The lowest BCUT2D eigenvalue weighted by Gasteiger charge is -2.25. The first kappa shape index (κ1) is 19.4. The van der Waals surface area contributed by atoms with E-state index in [1.54, 1.807) is 24.5 Å². The second-order valence-corrected chi connectivity index (χ2v) is 7.72. The molecule has 4 aromatic rings. The largest absolute Gasteiger partial charge is 0.489 e. The number of imidazole rings is 1. The van der Waals surface area contributed by atoms with Gasteiger partial charge < -0.3 is 20.4 Å². The normalized spacial score (nSPS) is 14.6. The first-order chi connectivity index (χ1) is 15.1. The summed E-state index contributed by atoms with van der Waals surface area (Å²) in [5.41, 5.74) is 3.19. The molecule has 2 aromatic carbocycles. The van der Waals surface area contributed by atoms with Crippen LogP contribution in [0, 0.1) is 12.7 Å². The minimum Gasteiger partial charge on any atom is -0.489 e. The number of ether oxygens (including phenoxy) is 1. The molecule has 5 rings (SSSR count). The third-order valence-electron chi connectivity index (χ3n) is 5.30. The summed E-state index contributed by atoms with van der Waals surface area (Å²) in [6, 6.07) is 10.1. The molecular weight excluding hydrogens is 395 g/mol. The zero-order valence-electron chi connectivity index (χ0n) is 17.2. The maximum atomic E-state index is 13.5. The van der Waals surface area contributed by atoms with Gasteiger partial charge in [-0.3, -0.25) is 0 Å². The number of hydrogen-bond acceptors (Lipinski definition) is 6. The van der Waals surface area contributed by atoms with E-state index in [2.05, 4.69) is 30.6 Å². The summed E-state index contributed by atoms with van der Waals surface area (Å²) < 4.78 is 19.9. The van der Waals surface area contributed by atoms with Gasteiger partial charge in [-0.2, -0.15) is 0 Å². The average Bonchev–Trinajstić information content (AvgIpc) is 3.20. The SMILES string of the molecule is Cc1cnc(-c2cc3cnc(Nc4cccc(F)c4)nc3cc2OC2CCNCC2)[nH]1. The fourth-order valence-corrected chi connectivity index (χ4v) is 3.74. The maximum Gasteiger partial charge on any atom is 0.227 e. The molecule has 1 saturated heterocycles. The first-order valence-electron chi connectivity index (χ1n) is 10.4. The lowest BCUT2D eigenvalue weighted by Crippen LogP contribution is -2.34. The van der Waals surface area contributed by atoms with Gasteiger partial charge in [0.1, 0.15) is 23.5 Å². The van der Waals surface area contributed by atoms with Crippen LogP contribution < -0.4 is 15.4 Å². The van der Waals surface area contributed by atoms with Crippen molar-refractivity contribution in [1.82, 2.24) is 25.3 Å². The summed E-state index contributed by atoms with van der Waals surface area (Å²) in [6.45, 7) is 3.85. The summed E-state index contributed by atoms with van der Waals surface area (Å²) in [6.07, 6.45) is 5.59. The van der Waals surface area contributed by atoms with E-state index in [4.69, 9.17) is 4.74 Å². The molecular formula is C23H23FN6O. The van der Waals surface area contributed by atoms with Crippen molar-refractivity contribution in [3.05, 3.63) is 60.3 Å². The number of aryl methyl sites for hydroxylation is 1. The number of aromatic nitrogens is 4. The van der Waals surface area contributed by atoms with Crippen molar-refractivity contribution in [1.29, 1.82) is 0 Å². The van der Waals surface area contributed by atoms with E-state index in [0.29, 0.717) is 11.6 Å². The Bertz CT molecular complexity index is 1220. The van der Waals surface area contributed by atoms with Gasteiger partial charge in [0.15, 0.2) is 0 Å². The van der Waals surface area contributed by atoms with Crippen LogP contribution >= 0.6 is 0 Å². The number of nitrogens with zero attached hydrogens (tertiary/aromatic N) is 3. The van der Waals surface area contributed by atoms with E-state index >= 15 is 0 Å². The van der Waals surface area contributed by atoms with Crippen LogP contribution in [0.1, 0.15) is 18.5 Å². The topological polar surface area (TPSA) is 87.8 Å². The summed E-state index contributed by atoms with van der Waals surface area (Å²) in [5.74, 6) is 1.57. The van der Waals surface area contributed by atoms with E-state index in [1.165, 1.54) is 12.1 Å². The molecule has 7 nitrogen and oxygen atoms in total. The van der Waals surface area contributed by atoms with Crippen molar-refractivity contribution in [2.24, 2.45) is 0 Å². The Morgan fingerprint density at radius 1 is 1.10 bits per heavy atom. The molecule has 0 spiro atoms. The number of rotatable bonds is 5. The molecule has 158 valence electrons. The van der Waals surface area contributed by atoms with E-state index in [9.17, 15) is 4.39 Å². The van der Waals surface area contributed by atoms with Gasteiger partial charge in [0.25, 0.3) is 0 Å². The predicted octanol–water partition coefficient (Wildman–Crippen LogP) is 4.34. The average molecular weight is 418 g/mol. The number of fused-ring (bicyclic) bond motifs is 1. The Morgan fingerprint density at radius 2 is 1.97 bits per heavy atom. The van der Waals surface area contributed by atoms with Crippen LogP contribution in [0.15, 0.2) is 48.8 Å². The van der Waals surface area contributed by atoms with Crippen molar-refractivity contribution in [3.8, 4) is 17.1 Å². The Labute approximate surface area is 179 Å². The highest BCUT2D eigenvalue weighted by Gasteiger charge is 2.19. The van der Waals surface area contributed by atoms with Gasteiger partial charge >= 0.3 is 0 Å². The molecule has 31 heavy (non-hydrogen) atoms. The molecule has 0 bridgehead atoms. The van der Waals surface area contributed by atoms with E-state index in [-0.39, 0.29) is 11.9 Å². The second kappa shape index (κ2) is 8.31. The van der Waals surface area contributed by atoms with Gasteiger partial charge in [-0.15, -0.1) is 0 Å². The van der Waals surface area contributed by atoms with Crippen molar-refractivity contribution in [2.75, 3.05) is 18.4 Å². The molecule has 0 atom stereocenters. The van der Waals surface area contributed by atoms with Gasteiger partial charge in [0.2, 0.25) is 5.95 Å². The fraction of sp³-hybridized carbons (Fsp3) is 0.261. The number of aromatic amines is 1. The van der Waals surface area contributed by atoms with E-state index < -0.39 is 0 Å². The van der Waals surface area contributed by atoms with Crippen molar-refractivity contribution < 1.29 is 9.13 Å². The van der Waals surface area contributed by atoms with Crippen LogP contribution in [0.5, 0.6) is 5.75 Å². The molecule has 0 saturated carbocycles. The van der Waals surface area contributed by atoms with E-state index in [0.717, 1.165) is 59.7 Å². The van der Waals surface area contributed by atoms with Gasteiger partial charge in [-0.1, -0.05) is 6.07 Å². The number of H-pyrrole nitrogens is 1. The number of nitrogens with one attached hydrogen (secondary N) is 3. The molecule has 2 aromatic heterocycles. The van der Waals surface area contributed by atoms with Crippen LogP contribution in [-0.2, 0) is 0 Å². The zero-order valence-corrected chi connectivity index (χ0v) is 17.2. The maximum absolute atomic E-state index is 13.5. The van der Waals surface area contributed by atoms with Crippen LogP contribution in [0.3, 0.4) is 0 Å². The number of piperidine rings is 1. The van der Waals surface area contributed by atoms with Gasteiger partial charge in [-0.25, -0.2) is 19.3 Å². The summed E-state index contributed by atoms with van der Waals surface area (Å²) >= 11 is 0. The minimum absolute atomic E-state index is 0.139. The standard InChI is InChI=1S/C23H23FN6O/c1-14-12-26-22(28-14)19-9-15-13-27-23(29-17-4-2-3-16(24)10-17)30-20(15)11-21(19)31-18-5-7-25-8-6-18/h2-4,9-13,18,25H,5-8H2,1H3,(H,26,28)(H,27,29,30). The molecule has 0 amide bonds. The third-order valence-corrected chi connectivity index (χ3v) is 5.30. The molecule has 0 aliphatic carbocycles. The molecule has 1 fully saturated rings. The summed E-state index contributed by atoms with van der Waals surface area (Å²) in [4.78, 5) is 16.8. The lowest BCUT2D eigenvalue weighted by atomic mass is 10.1. The predicted molar refractivity (Wildman–Crippen MR) is 118 cm³/mol. The number of hydrogen-bond donors (Lipinski definition) is 3. The highest BCUT2D eigenvalue weighted by molar-refractivity contribution is 5.87. The number of halogens is 1. The van der Waals surface area contributed by atoms with Crippen LogP contribution in [0.25, 0.3) is 22.3 Å². The van der Waals surface area contributed by atoms with Crippen LogP contribution in [0.4, 0.5) is 16.0 Å². The van der Waals surface area contributed by atoms with E-state index in [1.807, 2.05) is 19.1 Å². The fourth-order valence-electron chi connectivity index (χ4n) is 3.74. The Kier molecular flexibility index (Phi) is 5.21. The molecule has 0 unspecified atom stereocenters. The van der Waals surface area contributed by atoms with Crippen LogP contribution in [-0.4, -0.2) is 39.1 Å². The Hall–Kier alpha value is -3.52. The summed E-state index contributed by atoms with van der Waals surface area (Å²) in [5, 5.41) is 7.28. The third kappa shape index (κ3) is 4.34.